The third kappa shape index (κ3) is 2.57. The van der Waals surface area contributed by atoms with Crippen LogP contribution >= 0.6 is 11.3 Å². The highest BCUT2D eigenvalue weighted by molar-refractivity contribution is 7.11. The first kappa shape index (κ1) is 13.5. The maximum absolute atomic E-state index is 12.7. The van der Waals surface area contributed by atoms with Gasteiger partial charge in [0, 0.05) is 30.6 Å². The van der Waals surface area contributed by atoms with E-state index < -0.39 is 0 Å². The summed E-state index contributed by atoms with van der Waals surface area (Å²) in [5.41, 5.74) is 0. The van der Waals surface area contributed by atoms with Crippen LogP contribution in [0, 0.1) is 6.92 Å². The number of fused-ring (bicyclic) bond motifs is 1. The average molecular weight is 293 g/mol. The first-order chi connectivity index (χ1) is 9.65. The van der Waals surface area contributed by atoms with E-state index >= 15 is 0 Å². The van der Waals surface area contributed by atoms with Crippen LogP contribution in [0.25, 0.3) is 0 Å². The van der Waals surface area contributed by atoms with Gasteiger partial charge in [0.15, 0.2) is 0 Å². The van der Waals surface area contributed by atoms with E-state index in [0.717, 1.165) is 35.7 Å². The summed E-state index contributed by atoms with van der Waals surface area (Å²) in [4.78, 5) is 33.7. The average Bonchev–Trinajstić information content (AvgIpc) is 2.82. The summed E-state index contributed by atoms with van der Waals surface area (Å²) in [5, 5.41) is 1.01. The standard InChI is InChI=1S/C14H19N3O2S/c1-10-15-8-11(20-10)9-16-7-5-13(18)17-6-3-2-4-12(17)14(16)19/h8,12H,2-7,9H2,1H3. The van der Waals surface area contributed by atoms with E-state index in [4.69, 9.17) is 0 Å². The van der Waals surface area contributed by atoms with Crippen LogP contribution in [0.1, 0.15) is 35.6 Å². The molecule has 2 saturated heterocycles. The Balaban J connectivity index is 1.78. The van der Waals surface area contributed by atoms with Gasteiger partial charge in [-0.3, -0.25) is 9.59 Å². The van der Waals surface area contributed by atoms with Crippen LogP contribution in [0.3, 0.4) is 0 Å². The van der Waals surface area contributed by atoms with Crippen LogP contribution in [-0.4, -0.2) is 45.7 Å². The third-order valence-corrected chi connectivity index (χ3v) is 4.93. The molecule has 3 heterocycles. The van der Waals surface area contributed by atoms with Crippen molar-refractivity contribution in [1.82, 2.24) is 14.8 Å². The van der Waals surface area contributed by atoms with Crippen molar-refractivity contribution >= 4 is 23.2 Å². The predicted octanol–water partition coefficient (Wildman–Crippen LogP) is 1.56. The van der Waals surface area contributed by atoms with Gasteiger partial charge in [0.1, 0.15) is 6.04 Å². The molecule has 0 aliphatic carbocycles. The molecule has 5 nitrogen and oxygen atoms in total. The number of carbonyl (C=O) groups excluding carboxylic acids is 2. The molecule has 0 radical (unpaired) electrons. The van der Waals surface area contributed by atoms with Crippen molar-refractivity contribution < 1.29 is 9.59 Å². The molecular weight excluding hydrogens is 274 g/mol. The molecule has 3 rings (SSSR count). The Bertz CT molecular complexity index is 528. The van der Waals surface area contributed by atoms with Gasteiger partial charge in [-0.05, 0) is 26.2 Å². The molecule has 6 heteroatoms. The van der Waals surface area contributed by atoms with Crippen LogP contribution in [0.2, 0.25) is 0 Å². The van der Waals surface area contributed by atoms with Crippen molar-refractivity contribution in [2.24, 2.45) is 0 Å². The van der Waals surface area contributed by atoms with Crippen LogP contribution in [0.5, 0.6) is 0 Å². The van der Waals surface area contributed by atoms with Crippen molar-refractivity contribution in [2.45, 2.75) is 45.2 Å². The smallest absolute Gasteiger partial charge is 0.245 e. The van der Waals surface area contributed by atoms with Crippen LogP contribution < -0.4 is 0 Å². The summed E-state index contributed by atoms with van der Waals surface area (Å²) in [5.74, 6) is 0.243. The fraction of sp³-hybridized carbons (Fsp3) is 0.643. The summed E-state index contributed by atoms with van der Waals surface area (Å²) in [6.07, 6.45) is 5.14. The number of rotatable bonds is 2. The fourth-order valence-corrected chi connectivity index (χ4v) is 3.82. The molecule has 108 valence electrons. The zero-order valence-electron chi connectivity index (χ0n) is 11.7. The van der Waals surface area contributed by atoms with E-state index in [9.17, 15) is 9.59 Å². The maximum Gasteiger partial charge on any atom is 0.245 e. The molecule has 1 aromatic heterocycles. The molecule has 2 aliphatic heterocycles. The second-order valence-corrected chi connectivity index (χ2v) is 6.77. The third-order valence-electron chi connectivity index (χ3n) is 4.03. The molecule has 1 atom stereocenters. The van der Waals surface area contributed by atoms with Crippen LogP contribution in [-0.2, 0) is 16.1 Å². The van der Waals surface area contributed by atoms with E-state index in [-0.39, 0.29) is 17.9 Å². The minimum Gasteiger partial charge on any atom is -0.335 e. The molecule has 0 spiro atoms. The summed E-state index contributed by atoms with van der Waals surface area (Å²) in [6.45, 7) is 3.82. The van der Waals surface area contributed by atoms with Gasteiger partial charge in [0.2, 0.25) is 11.8 Å². The normalized spacial score (nSPS) is 23.8. The Morgan fingerprint density at radius 1 is 1.35 bits per heavy atom. The number of hydrogen-bond donors (Lipinski definition) is 0. The van der Waals surface area contributed by atoms with E-state index in [1.807, 2.05) is 18.0 Å². The van der Waals surface area contributed by atoms with Gasteiger partial charge in [-0.25, -0.2) is 4.98 Å². The minimum absolute atomic E-state index is 0.113. The van der Waals surface area contributed by atoms with Gasteiger partial charge >= 0.3 is 0 Å². The molecule has 0 aromatic carbocycles. The van der Waals surface area contributed by atoms with E-state index in [2.05, 4.69) is 4.98 Å². The van der Waals surface area contributed by atoms with Crippen molar-refractivity contribution in [2.75, 3.05) is 13.1 Å². The Labute approximate surface area is 122 Å². The molecular formula is C14H19N3O2S. The van der Waals surface area contributed by atoms with Gasteiger partial charge in [-0.15, -0.1) is 11.3 Å². The number of nitrogens with zero attached hydrogens (tertiary/aromatic N) is 3. The van der Waals surface area contributed by atoms with E-state index in [1.165, 1.54) is 0 Å². The van der Waals surface area contributed by atoms with Crippen LogP contribution in [0.15, 0.2) is 6.20 Å². The lowest BCUT2D eigenvalue weighted by Gasteiger charge is -2.34. The number of amides is 2. The highest BCUT2D eigenvalue weighted by Crippen LogP contribution is 2.24. The molecule has 0 bridgehead atoms. The zero-order chi connectivity index (χ0) is 14.1. The first-order valence-electron chi connectivity index (χ1n) is 7.15. The minimum atomic E-state index is -0.229. The molecule has 20 heavy (non-hydrogen) atoms. The Hall–Kier alpha value is -1.43. The zero-order valence-corrected chi connectivity index (χ0v) is 12.5. The van der Waals surface area contributed by atoms with Crippen molar-refractivity contribution in [3.63, 3.8) is 0 Å². The number of thiazole rings is 1. The largest absolute Gasteiger partial charge is 0.335 e. The van der Waals surface area contributed by atoms with Gasteiger partial charge in [-0.2, -0.15) is 0 Å². The summed E-state index contributed by atoms with van der Waals surface area (Å²) in [7, 11) is 0. The van der Waals surface area contributed by atoms with Crippen molar-refractivity contribution in [3.8, 4) is 0 Å². The maximum atomic E-state index is 12.7. The summed E-state index contributed by atoms with van der Waals surface area (Å²) in [6, 6.07) is -0.229. The topological polar surface area (TPSA) is 53.5 Å². The molecule has 2 fully saturated rings. The molecule has 2 amide bonds. The number of aromatic nitrogens is 1. The number of aryl methyl sites for hydroxylation is 1. The lowest BCUT2D eigenvalue weighted by molar-refractivity contribution is -0.143. The molecule has 0 N–H and O–H groups in total. The molecule has 1 unspecified atom stereocenters. The second kappa shape index (κ2) is 5.52. The second-order valence-electron chi connectivity index (χ2n) is 5.45. The highest BCUT2D eigenvalue weighted by atomic mass is 32.1. The van der Waals surface area contributed by atoms with Gasteiger partial charge in [-0.1, -0.05) is 0 Å². The van der Waals surface area contributed by atoms with Crippen LogP contribution in [0.4, 0.5) is 0 Å². The number of piperidine rings is 1. The Morgan fingerprint density at radius 2 is 2.20 bits per heavy atom. The predicted molar refractivity (Wildman–Crippen MR) is 76.2 cm³/mol. The van der Waals surface area contributed by atoms with Crippen molar-refractivity contribution in [1.29, 1.82) is 0 Å². The Morgan fingerprint density at radius 3 is 2.95 bits per heavy atom. The summed E-state index contributed by atoms with van der Waals surface area (Å²) >= 11 is 1.62. The fourth-order valence-electron chi connectivity index (χ4n) is 3.01. The Kier molecular flexibility index (Phi) is 3.74. The monoisotopic (exact) mass is 293 g/mol. The lowest BCUT2D eigenvalue weighted by Crippen LogP contribution is -2.49. The van der Waals surface area contributed by atoms with Gasteiger partial charge in [0.05, 0.1) is 11.6 Å². The SMILES string of the molecule is Cc1ncc(CN2CCC(=O)N3CCCCC3C2=O)s1. The van der Waals surface area contributed by atoms with Gasteiger partial charge in [0.25, 0.3) is 0 Å². The highest BCUT2D eigenvalue weighted by Gasteiger charge is 2.37. The number of hydrogen-bond acceptors (Lipinski definition) is 4. The van der Waals surface area contributed by atoms with E-state index in [1.54, 1.807) is 16.2 Å². The van der Waals surface area contributed by atoms with Gasteiger partial charge < -0.3 is 9.80 Å². The molecule has 0 saturated carbocycles. The first-order valence-corrected chi connectivity index (χ1v) is 7.96. The number of carbonyl (C=O) groups is 2. The molecule has 1 aromatic rings. The summed E-state index contributed by atoms with van der Waals surface area (Å²) < 4.78 is 0. The lowest BCUT2D eigenvalue weighted by atomic mass is 10.0. The quantitative estimate of drug-likeness (QED) is 0.831. The van der Waals surface area contributed by atoms with E-state index in [0.29, 0.717) is 19.5 Å². The van der Waals surface area contributed by atoms with Crippen molar-refractivity contribution in [3.05, 3.63) is 16.1 Å². The molecule has 2 aliphatic rings.